The van der Waals surface area contributed by atoms with Gasteiger partial charge in [-0.1, -0.05) is 13.8 Å². The van der Waals surface area contributed by atoms with Crippen molar-refractivity contribution < 1.29 is 14.3 Å². The van der Waals surface area contributed by atoms with Crippen molar-refractivity contribution in [1.82, 2.24) is 10.2 Å². The number of likely N-dealkylation sites (N-methyl/N-ethyl adjacent to an activating group) is 1. The first-order chi connectivity index (χ1) is 11.9. The maximum absolute atomic E-state index is 12.4. The number of hydrogen-bond donors (Lipinski definition) is 1. The minimum absolute atomic E-state index is 0.0805. The van der Waals surface area contributed by atoms with Gasteiger partial charge in [0, 0.05) is 24.2 Å². The van der Waals surface area contributed by atoms with Crippen molar-refractivity contribution in [2.24, 2.45) is 5.92 Å². The normalized spacial score (nSPS) is 15.3. The molecule has 1 aromatic rings. The molecule has 1 aromatic carbocycles. The number of rotatable bonds is 10. The lowest BCUT2D eigenvalue weighted by atomic mass is 10.1. The Hall–Kier alpha value is -1.75. The molecule has 0 radical (unpaired) electrons. The molecule has 5 nitrogen and oxygen atoms in total. The van der Waals surface area contributed by atoms with Gasteiger partial charge in [0.05, 0.1) is 13.7 Å². The van der Waals surface area contributed by atoms with E-state index in [1.165, 1.54) is 12.8 Å². The van der Waals surface area contributed by atoms with Crippen LogP contribution in [0.5, 0.6) is 11.5 Å². The maximum atomic E-state index is 12.4. The zero-order valence-electron chi connectivity index (χ0n) is 16.2. The molecule has 0 bridgehead atoms. The molecule has 1 saturated carbocycles. The molecular weight excluding hydrogens is 316 g/mol. The van der Waals surface area contributed by atoms with Crippen LogP contribution in [0.3, 0.4) is 0 Å². The van der Waals surface area contributed by atoms with E-state index in [1.54, 1.807) is 19.2 Å². The smallest absolute Gasteiger partial charge is 0.251 e. The Morgan fingerprint density at radius 3 is 2.60 bits per heavy atom. The summed E-state index contributed by atoms with van der Waals surface area (Å²) in [5, 5.41) is 3.01. The van der Waals surface area contributed by atoms with Gasteiger partial charge in [-0.15, -0.1) is 0 Å². The summed E-state index contributed by atoms with van der Waals surface area (Å²) in [7, 11) is 3.72. The molecule has 140 valence electrons. The van der Waals surface area contributed by atoms with Gasteiger partial charge < -0.3 is 14.8 Å². The van der Waals surface area contributed by atoms with Crippen LogP contribution in [0.4, 0.5) is 0 Å². The van der Waals surface area contributed by atoms with Gasteiger partial charge in [-0.3, -0.25) is 9.69 Å². The minimum Gasteiger partial charge on any atom is -0.493 e. The topological polar surface area (TPSA) is 50.8 Å². The van der Waals surface area contributed by atoms with Crippen molar-refractivity contribution >= 4 is 5.91 Å². The number of nitrogens with one attached hydrogen (secondary N) is 1. The molecule has 0 aromatic heterocycles. The molecule has 0 aliphatic heterocycles. The number of methoxy groups -OCH3 is 1. The van der Waals surface area contributed by atoms with Crippen LogP contribution in [0.1, 0.15) is 50.4 Å². The SMILES string of the molecule is COc1cc(C(=O)NCC(C)N(C)C2CC2)ccc1OCCC(C)C. The molecule has 1 fully saturated rings. The highest BCUT2D eigenvalue weighted by atomic mass is 16.5. The summed E-state index contributed by atoms with van der Waals surface area (Å²) in [5.41, 5.74) is 0.592. The molecule has 1 unspecified atom stereocenters. The minimum atomic E-state index is -0.0805. The third-order valence-corrected chi connectivity index (χ3v) is 4.75. The molecule has 25 heavy (non-hydrogen) atoms. The fraction of sp³-hybridized carbons (Fsp3) is 0.650. The van der Waals surface area contributed by atoms with Crippen molar-refractivity contribution in [1.29, 1.82) is 0 Å². The molecule has 0 saturated heterocycles. The van der Waals surface area contributed by atoms with Crippen molar-refractivity contribution in [3.8, 4) is 11.5 Å². The van der Waals surface area contributed by atoms with E-state index in [0.29, 0.717) is 48.2 Å². The Kier molecular flexibility index (Phi) is 7.12. The molecule has 1 atom stereocenters. The van der Waals surface area contributed by atoms with Gasteiger partial charge in [0.2, 0.25) is 0 Å². The predicted octanol–water partition coefficient (Wildman–Crippen LogP) is 3.33. The quantitative estimate of drug-likeness (QED) is 0.705. The van der Waals surface area contributed by atoms with E-state index < -0.39 is 0 Å². The lowest BCUT2D eigenvalue weighted by molar-refractivity contribution is 0.0939. The fourth-order valence-electron chi connectivity index (χ4n) is 2.66. The van der Waals surface area contributed by atoms with Crippen LogP contribution in [0.2, 0.25) is 0 Å². The number of benzene rings is 1. The van der Waals surface area contributed by atoms with Gasteiger partial charge in [0.1, 0.15) is 0 Å². The number of amides is 1. The van der Waals surface area contributed by atoms with Crippen LogP contribution in [0.25, 0.3) is 0 Å². The van der Waals surface area contributed by atoms with E-state index in [0.717, 1.165) is 6.42 Å². The first kappa shape index (κ1) is 19.6. The summed E-state index contributed by atoms with van der Waals surface area (Å²) in [6.45, 7) is 7.75. The van der Waals surface area contributed by atoms with Crippen LogP contribution in [-0.4, -0.2) is 50.2 Å². The first-order valence-corrected chi connectivity index (χ1v) is 9.23. The highest BCUT2D eigenvalue weighted by Crippen LogP contribution is 2.29. The Bertz CT molecular complexity index is 570. The van der Waals surface area contributed by atoms with Gasteiger partial charge in [0.15, 0.2) is 11.5 Å². The van der Waals surface area contributed by atoms with Crippen LogP contribution in [0.15, 0.2) is 18.2 Å². The third kappa shape index (κ3) is 5.92. The molecule has 1 N–H and O–H groups in total. The zero-order valence-corrected chi connectivity index (χ0v) is 16.2. The first-order valence-electron chi connectivity index (χ1n) is 9.23. The van der Waals surface area contributed by atoms with Crippen molar-refractivity contribution in [3.05, 3.63) is 23.8 Å². The monoisotopic (exact) mass is 348 g/mol. The van der Waals surface area contributed by atoms with Crippen molar-refractivity contribution in [2.45, 2.75) is 52.1 Å². The van der Waals surface area contributed by atoms with Crippen LogP contribution < -0.4 is 14.8 Å². The summed E-state index contributed by atoms with van der Waals surface area (Å²) in [4.78, 5) is 14.8. The molecule has 0 heterocycles. The highest BCUT2D eigenvalue weighted by Gasteiger charge is 2.29. The number of carbonyl (C=O) groups excluding carboxylic acids is 1. The van der Waals surface area contributed by atoms with E-state index in [4.69, 9.17) is 9.47 Å². The average molecular weight is 348 g/mol. The summed E-state index contributed by atoms with van der Waals surface area (Å²) in [6.07, 6.45) is 3.52. The Morgan fingerprint density at radius 2 is 2.00 bits per heavy atom. The van der Waals surface area contributed by atoms with Crippen molar-refractivity contribution in [2.75, 3.05) is 27.3 Å². The summed E-state index contributed by atoms with van der Waals surface area (Å²) in [6, 6.07) is 6.37. The predicted molar refractivity (Wildman–Crippen MR) is 101 cm³/mol. The second kappa shape index (κ2) is 9.09. The maximum Gasteiger partial charge on any atom is 0.251 e. The number of nitrogens with zero attached hydrogens (tertiary/aromatic N) is 1. The number of carbonyl (C=O) groups is 1. The molecule has 5 heteroatoms. The van der Waals surface area contributed by atoms with Crippen LogP contribution in [0, 0.1) is 5.92 Å². The van der Waals surface area contributed by atoms with E-state index in [9.17, 15) is 4.79 Å². The summed E-state index contributed by atoms with van der Waals surface area (Å²) >= 11 is 0. The van der Waals surface area contributed by atoms with Gasteiger partial charge in [0.25, 0.3) is 5.91 Å². The molecule has 0 spiro atoms. The zero-order chi connectivity index (χ0) is 18.4. The Labute approximate surface area is 151 Å². The van der Waals surface area contributed by atoms with Gasteiger partial charge >= 0.3 is 0 Å². The molecular formula is C20H32N2O3. The van der Waals surface area contributed by atoms with E-state index in [1.807, 2.05) is 6.07 Å². The highest BCUT2D eigenvalue weighted by molar-refractivity contribution is 5.94. The second-order valence-corrected chi connectivity index (χ2v) is 7.35. The standard InChI is InChI=1S/C20H32N2O3/c1-14(2)10-11-25-18-9-6-16(12-19(18)24-5)20(23)21-13-15(3)22(4)17-7-8-17/h6,9,12,14-15,17H,7-8,10-11,13H2,1-5H3,(H,21,23). The van der Waals surface area contributed by atoms with Crippen LogP contribution >= 0.6 is 0 Å². The van der Waals surface area contributed by atoms with Gasteiger partial charge in [-0.25, -0.2) is 0 Å². The van der Waals surface area contributed by atoms with E-state index in [2.05, 4.69) is 38.0 Å². The molecule has 2 rings (SSSR count). The lowest BCUT2D eigenvalue weighted by Crippen LogP contribution is -2.41. The van der Waals surface area contributed by atoms with Gasteiger partial charge in [-0.05, 0) is 57.4 Å². The summed E-state index contributed by atoms with van der Waals surface area (Å²) in [5.74, 6) is 1.79. The van der Waals surface area contributed by atoms with E-state index in [-0.39, 0.29) is 5.91 Å². The fourth-order valence-corrected chi connectivity index (χ4v) is 2.66. The second-order valence-electron chi connectivity index (χ2n) is 7.35. The summed E-state index contributed by atoms with van der Waals surface area (Å²) < 4.78 is 11.2. The van der Waals surface area contributed by atoms with Crippen LogP contribution in [-0.2, 0) is 0 Å². The Balaban J connectivity index is 1.90. The molecule has 1 amide bonds. The largest absolute Gasteiger partial charge is 0.493 e. The number of ether oxygens (including phenoxy) is 2. The third-order valence-electron chi connectivity index (χ3n) is 4.75. The Morgan fingerprint density at radius 1 is 1.28 bits per heavy atom. The van der Waals surface area contributed by atoms with Gasteiger partial charge in [-0.2, -0.15) is 0 Å². The lowest BCUT2D eigenvalue weighted by Gasteiger charge is -2.24. The van der Waals surface area contributed by atoms with Crippen molar-refractivity contribution in [3.63, 3.8) is 0 Å². The number of hydrogen-bond acceptors (Lipinski definition) is 4. The molecule has 1 aliphatic rings. The van der Waals surface area contributed by atoms with E-state index >= 15 is 0 Å². The molecule has 1 aliphatic carbocycles. The average Bonchev–Trinajstić information content (AvgIpc) is 3.43.